The van der Waals surface area contributed by atoms with E-state index < -0.39 is 5.54 Å². The van der Waals surface area contributed by atoms with Crippen molar-refractivity contribution in [2.75, 3.05) is 13.7 Å². The molecule has 78 valence electrons. The molecule has 0 radical (unpaired) electrons. The van der Waals surface area contributed by atoms with Gasteiger partial charge in [-0.05, 0) is 25.5 Å². The lowest BCUT2D eigenvalue weighted by Gasteiger charge is -2.23. The summed E-state index contributed by atoms with van der Waals surface area (Å²) in [6, 6.07) is 3.82. The van der Waals surface area contributed by atoms with Crippen LogP contribution >= 0.6 is 15.9 Å². The first kappa shape index (κ1) is 11.6. The van der Waals surface area contributed by atoms with Crippen LogP contribution in [0.2, 0.25) is 0 Å². The Morgan fingerprint density at radius 2 is 2.36 bits per heavy atom. The van der Waals surface area contributed by atoms with E-state index in [4.69, 9.17) is 10.5 Å². The lowest BCUT2D eigenvalue weighted by atomic mass is 9.95. The predicted octanol–water partition coefficient (Wildman–Crippen LogP) is 2.05. The Hall–Kier alpha value is -0.450. The summed E-state index contributed by atoms with van der Waals surface area (Å²) in [5, 5.41) is 0. The molecule has 0 saturated heterocycles. The number of ether oxygens (including phenoxy) is 1. The summed E-state index contributed by atoms with van der Waals surface area (Å²) in [5.41, 5.74) is 6.58. The maximum absolute atomic E-state index is 6.13. The van der Waals surface area contributed by atoms with Crippen molar-refractivity contribution in [3.8, 4) is 0 Å². The van der Waals surface area contributed by atoms with E-state index in [0.29, 0.717) is 6.61 Å². The van der Waals surface area contributed by atoms with E-state index in [2.05, 4.69) is 20.9 Å². The average Bonchev–Trinajstić information content (AvgIpc) is 2.15. The number of methoxy groups -OCH3 is 1. The third kappa shape index (κ3) is 3.04. The summed E-state index contributed by atoms with van der Waals surface area (Å²) >= 11 is 3.40. The quantitative estimate of drug-likeness (QED) is 0.900. The van der Waals surface area contributed by atoms with Crippen molar-refractivity contribution in [2.45, 2.75) is 18.9 Å². The van der Waals surface area contributed by atoms with Crippen LogP contribution in [-0.2, 0) is 10.3 Å². The van der Waals surface area contributed by atoms with Gasteiger partial charge >= 0.3 is 0 Å². The van der Waals surface area contributed by atoms with Gasteiger partial charge in [0.1, 0.15) is 0 Å². The fourth-order valence-corrected chi connectivity index (χ4v) is 1.49. The lowest BCUT2D eigenvalue weighted by Crippen LogP contribution is -2.35. The van der Waals surface area contributed by atoms with Gasteiger partial charge in [0.15, 0.2) is 0 Å². The molecule has 0 bridgehead atoms. The number of nitrogens with two attached hydrogens (primary N) is 1. The van der Waals surface area contributed by atoms with E-state index in [9.17, 15) is 0 Å². The summed E-state index contributed by atoms with van der Waals surface area (Å²) in [7, 11) is 1.67. The van der Waals surface area contributed by atoms with E-state index in [1.54, 1.807) is 13.3 Å². The molecular weight excluding hydrogens is 244 g/mol. The van der Waals surface area contributed by atoms with Crippen molar-refractivity contribution in [1.29, 1.82) is 0 Å². The number of rotatable bonds is 4. The summed E-state index contributed by atoms with van der Waals surface area (Å²) < 4.78 is 6.01. The van der Waals surface area contributed by atoms with Crippen LogP contribution in [0.25, 0.3) is 0 Å². The molecule has 1 aromatic rings. The fraction of sp³-hybridized carbons (Fsp3) is 0.500. The van der Waals surface area contributed by atoms with Crippen LogP contribution in [0.1, 0.15) is 19.0 Å². The van der Waals surface area contributed by atoms with Gasteiger partial charge < -0.3 is 10.5 Å². The van der Waals surface area contributed by atoms with Crippen LogP contribution in [0.4, 0.5) is 0 Å². The van der Waals surface area contributed by atoms with Crippen molar-refractivity contribution in [2.24, 2.45) is 5.73 Å². The molecule has 0 aromatic carbocycles. The van der Waals surface area contributed by atoms with Crippen LogP contribution in [-0.4, -0.2) is 18.7 Å². The Morgan fingerprint density at radius 3 is 2.93 bits per heavy atom. The molecular formula is C10H15BrN2O. The predicted molar refractivity (Wildman–Crippen MR) is 60.0 cm³/mol. The molecule has 3 nitrogen and oxygen atoms in total. The van der Waals surface area contributed by atoms with Crippen molar-refractivity contribution in [3.05, 3.63) is 28.5 Å². The summed E-state index contributed by atoms with van der Waals surface area (Å²) in [5.74, 6) is 0. The zero-order valence-electron chi connectivity index (χ0n) is 8.46. The van der Waals surface area contributed by atoms with Crippen LogP contribution in [0.3, 0.4) is 0 Å². The maximum Gasteiger partial charge on any atom is 0.0611 e. The van der Waals surface area contributed by atoms with E-state index in [-0.39, 0.29) is 0 Å². The monoisotopic (exact) mass is 258 g/mol. The summed E-state index contributed by atoms with van der Waals surface area (Å²) in [6.45, 7) is 2.60. The molecule has 0 aliphatic carbocycles. The van der Waals surface area contributed by atoms with Gasteiger partial charge in [-0.3, -0.25) is 4.98 Å². The Kier molecular flexibility index (Phi) is 4.04. The Balaban J connectivity index is 2.80. The van der Waals surface area contributed by atoms with Gasteiger partial charge in [0, 0.05) is 24.4 Å². The van der Waals surface area contributed by atoms with E-state index in [1.807, 2.05) is 19.1 Å². The van der Waals surface area contributed by atoms with Crippen molar-refractivity contribution >= 4 is 15.9 Å². The van der Waals surface area contributed by atoms with Crippen LogP contribution in [0.15, 0.2) is 22.8 Å². The van der Waals surface area contributed by atoms with Gasteiger partial charge in [-0.15, -0.1) is 0 Å². The standard InChI is InChI=1S/C10H15BrN2O/c1-10(12,4-6-14-2)9-7-8(11)3-5-13-9/h3,5,7H,4,6,12H2,1-2H3. The minimum absolute atomic E-state index is 0.431. The van der Waals surface area contributed by atoms with Crippen LogP contribution in [0.5, 0.6) is 0 Å². The van der Waals surface area contributed by atoms with Crippen LogP contribution in [0, 0.1) is 0 Å². The molecule has 0 aliphatic heterocycles. The Bertz CT molecular complexity index is 302. The third-order valence-corrected chi connectivity index (χ3v) is 2.63. The molecule has 1 rings (SSSR count). The van der Waals surface area contributed by atoms with Gasteiger partial charge in [-0.2, -0.15) is 0 Å². The molecule has 0 aliphatic rings. The number of pyridine rings is 1. The first-order chi connectivity index (χ1) is 6.56. The molecule has 2 N–H and O–H groups in total. The second-order valence-electron chi connectivity index (χ2n) is 3.52. The smallest absolute Gasteiger partial charge is 0.0611 e. The molecule has 14 heavy (non-hydrogen) atoms. The minimum atomic E-state index is -0.431. The molecule has 1 aromatic heterocycles. The van der Waals surface area contributed by atoms with Gasteiger partial charge in [0.25, 0.3) is 0 Å². The second-order valence-corrected chi connectivity index (χ2v) is 4.44. The minimum Gasteiger partial charge on any atom is -0.385 e. The zero-order chi connectivity index (χ0) is 10.6. The second kappa shape index (κ2) is 4.87. The Labute approximate surface area is 92.8 Å². The number of nitrogens with zero attached hydrogens (tertiary/aromatic N) is 1. The number of aromatic nitrogens is 1. The first-order valence-corrected chi connectivity index (χ1v) is 5.25. The number of halogens is 1. The summed E-state index contributed by atoms with van der Waals surface area (Å²) in [4.78, 5) is 4.25. The third-order valence-electron chi connectivity index (χ3n) is 2.13. The van der Waals surface area contributed by atoms with E-state index in [0.717, 1.165) is 16.6 Å². The van der Waals surface area contributed by atoms with Crippen molar-refractivity contribution < 1.29 is 4.74 Å². The highest BCUT2D eigenvalue weighted by molar-refractivity contribution is 9.10. The van der Waals surface area contributed by atoms with Crippen molar-refractivity contribution in [3.63, 3.8) is 0 Å². The Morgan fingerprint density at radius 1 is 1.64 bits per heavy atom. The first-order valence-electron chi connectivity index (χ1n) is 4.46. The number of hydrogen-bond donors (Lipinski definition) is 1. The highest BCUT2D eigenvalue weighted by Crippen LogP contribution is 2.22. The topological polar surface area (TPSA) is 48.1 Å². The van der Waals surface area contributed by atoms with E-state index in [1.165, 1.54) is 0 Å². The molecule has 0 saturated carbocycles. The molecule has 1 atom stereocenters. The SMILES string of the molecule is COCCC(C)(N)c1cc(Br)ccn1. The molecule has 1 unspecified atom stereocenters. The molecule has 1 heterocycles. The highest BCUT2D eigenvalue weighted by atomic mass is 79.9. The molecule has 0 fully saturated rings. The van der Waals surface area contributed by atoms with Crippen LogP contribution < -0.4 is 5.73 Å². The van der Waals surface area contributed by atoms with Gasteiger partial charge in [0.05, 0.1) is 11.2 Å². The van der Waals surface area contributed by atoms with Gasteiger partial charge in [-0.1, -0.05) is 15.9 Å². The number of hydrogen-bond acceptors (Lipinski definition) is 3. The molecule has 4 heteroatoms. The lowest BCUT2D eigenvalue weighted by molar-refractivity contribution is 0.171. The zero-order valence-corrected chi connectivity index (χ0v) is 10.0. The van der Waals surface area contributed by atoms with Gasteiger partial charge in [0.2, 0.25) is 0 Å². The summed E-state index contributed by atoms with van der Waals surface area (Å²) in [6.07, 6.45) is 2.50. The molecule has 0 amide bonds. The van der Waals surface area contributed by atoms with Gasteiger partial charge in [-0.25, -0.2) is 0 Å². The van der Waals surface area contributed by atoms with E-state index >= 15 is 0 Å². The highest BCUT2D eigenvalue weighted by Gasteiger charge is 2.22. The molecule has 0 spiro atoms. The van der Waals surface area contributed by atoms with Crippen molar-refractivity contribution in [1.82, 2.24) is 4.98 Å². The normalized spacial score (nSPS) is 15.1. The maximum atomic E-state index is 6.13. The fourth-order valence-electron chi connectivity index (χ4n) is 1.16. The largest absolute Gasteiger partial charge is 0.385 e. The average molecular weight is 259 g/mol.